The molecule has 3 aromatic rings. The fourth-order valence-electron chi connectivity index (χ4n) is 2.15. The lowest BCUT2D eigenvalue weighted by Gasteiger charge is -2.09. The second-order valence-electron chi connectivity index (χ2n) is 4.83. The van der Waals surface area contributed by atoms with Gasteiger partial charge in [0.1, 0.15) is 6.61 Å². The zero-order chi connectivity index (χ0) is 16.4. The second kappa shape index (κ2) is 6.00. The Kier molecular flexibility index (Phi) is 3.89. The molecular weight excluding hydrogens is 304 g/mol. The summed E-state index contributed by atoms with van der Waals surface area (Å²) in [6.07, 6.45) is 0. The maximum Gasteiger partial charge on any atom is 0.338 e. The molecule has 3 rings (SSSR count). The van der Waals surface area contributed by atoms with E-state index in [4.69, 9.17) is 9.84 Å². The Hall–Kier alpha value is -3.02. The molecular formula is C17H11F2NO3. The summed E-state index contributed by atoms with van der Waals surface area (Å²) in [7, 11) is 0. The quantitative estimate of drug-likeness (QED) is 0.796. The normalized spacial score (nSPS) is 10.7. The fourth-order valence-corrected chi connectivity index (χ4v) is 2.15. The Balaban J connectivity index is 1.82. The van der Waals surface area contributed by atoms with Crippen LogP contribution in [0.4, 0.5) is 8.78 Å². The Labute approximate surface area is 130 Å². The lowest BCUT2D eigenvalue weighted by molar-refractivity contribution is 0.0690. The number of carboxylic acids is 1. The maximum atomic E-state index is 13.8. The van der Waals surface area contributed by atoms with E-state index in [0.717, 1.165) is 23.0 Å². The van der Waals surface area contributed by atoms with Crippen LogP contribution in [-0.2, 0) is 6.61 Å². The number of carbonyl (C=O) groups is 1. The van der Waals surface area contributed by atoms with Gasteiger partial charge in [-0.15, -0.1) is 0 Å². The highest BCUT2D eigenvalue weighted by atomic mass is 19.2. The van der Waals surface area contributed by atoms with Gasteiger partial charge in [0.25, 0.3) is 0 Å². The highest BCUT2D eigenvalue weighted by Crippen LogP contribution is 2.24. The van der Waals surface area contributed by atoms with Crippen molar-refractivity contribution in [3.63, 3.8) is 0 Å². The van der Waals surface area contributed by atoms with Gasteiger partial charge in [0.2, 0.25) is 5.82 Å². The third kappa shape index (κ3) is 2.96. The molecule has 0 aliphatic carbocycles. The van der Waals surface area contributed by atoms with Crippen molar-refractivity contribution in [3.05, 3.63) is 71.4 Å². The number of aromatic nitrogens is 1. The molecule has 0 radical (unpaired) electrons. The van der Waals surface area contributed by atoms with Crippen LogP contribution in [0, 0.1) is 11.6 Å². The van der Waals surface area contributed by atoms with E-state index in [9.17, 15) is 13.6 Å². The van der Waals surface area contributed by atoms with Crippen molar-refractivity contribution >= 4 is 16.9 Å². The van der Waals surface area contributed by atoms with Crippen LogP contribution in [0.25, 0.3) is 10.9 Å². The molecule has 1 heterocycles. The van der Waals surface area contributed by atoms with E-state index < -0.39 is 23.2 Å². The molecule has 0 saturated heterocycles. The molecule has 0 bridgehead atoms. The minimum Gasteiger partial charge on any atom is -0.484 e. The number of benzene rings is 2. The Morgan fingerprint density at radius 3 is 2.61 bits per heavy atom. The minimum absolute atomic E-state index is 0.0619. The lowest BCUT2D eigenvalue weighted by Crippen LogP contribution is -2.06. The maximum absolute atomic E-state index is 13.8. The van der Waals surface area contributed by atoms with Crippen LogP contribution in [-0.4, -0.2) is 16.1 Å². The summed E-state index contributed by atoms with van der Waals surface area (Å²) >= 11 is 0. The van der Waals surface area contributed by atoms with Gasteiger partial charge in [-0.05, 0) is 24.3 Å². The van der Waals surface area contributed by atoms with E-state index >= 15 is 0 Å². The largest absolute Gasteiger partial charge is 0.484 e. The summed E-state index contributed by atoms with van der Waals surface area (Å²) in [4.78, 5) is 15.1. The number of fused-ring (bicyclic) bond motifs is 1. The first-order valence-electron chi connectivity index (χ1n) is 6.75. The van der Waals surface area contributed by atoms with E-state index in [0.29, 0.717) is 5.69 Å². The molecule has 116 valence electrons. The first-order chi connectivity index (χ1) is 11.1. The minimum atomic E-state index is -1.54. The summed E-state index contributed by atoms with van der Waals surface area (Å²) in [5, 5.41) is 9.69. The van der Waals surface area contributed by atoms with Crippen LogP contribution in [0.5, 0.6) is 5.75 Å². The first kappa shape index (κ1) is 14.9. The van der Waals surface area contributed by atoms with Crippen LogP contribution in [0.3, 0.4) is 0 Å². The van der Waals surface area contributed by atoms with Gasteiger partial charge in [-0.3, -0.25) is 0 Å². The number of para-hydroxylation sites is 1. The van der Waals surface area contributed by atoms with E-state index in [1.54, 1.807) is 6.07 Å². The third-order valence-electron chi connectivity index (χ3n) is 3.31. The molecule has 0 unspecified atom stereocenters. The van der Waals surface area contributed by atoms with E-state index in [1.165, 1.54) is 0 Å². The number of hydrogen-bond acceptors (Lipinski definition) is 3. The molecule has 0 atom stereocenters. The van der Waals surface area contributed by atoms with Crippen LogP contribution < -0.4 is 4.74 Å². The fraction of sp³-hybridized carbons (Fsp3) is 0.0588. The van der Waals surface area contributed by atoms with Crippen LogP contribution in [0.1, 0.15) is 16.1 Å². The average molecular weight is 315 g/mol. The summed E-state index contributed by atoms with van der Waals surface area (Å²) < 4.78 is 32.6. The highest BCUT2D eigenvalue weighted by Gasteiger charge is 2.18. The molecule has 23 heavy (non-hydrogen) atoms. The number of aromatic carboxylic acids is 1. The molecule has 1 N–H and O–H groups in total. The Morgan fingerprint density at radius 2 is 1.83 bits per heavy atom. The summed E-state index contributed by atoms with van der Waals surface area (Å²) in [5.74, 6) is -4.67. The van der Waals surface area contributed by atoms with Crippen molar-refractivity contribution in [2.45, 2.75) is 6.61 Å². The van der Waals surface area contributed by atoms with Gasteiger partial charge in [0.05, 0.1) is 16.8 Å². The van der Waals surface area contributed by atoms with Gasteiger partial charge in [0.15, 0.2) is 11.6 Å². The molecule has 0 aliphatic heterocycles. The molecule has 4 nitrogen and oxygen atoms in total. The zero-order valence-corrected chi connectivity index (χ0v) is 11.8. The zero-order valence-electron chi connectivity index (χ0n) is 11.8. The van der Waals surface area contributed by atoms with E-state index in [1.807, 2.05) is 30.3 Å². The third-order valence-corrected chi connectivity index (χ3v) is 3.31. The molecule has 1 aromatic heterocycles. The number of hydrogen-bond donors (Lipinski definition) is 1. The van der Waals surface area contributed by atoms with E-state index in [2.05, 4.69) is 4.98 Å². The van der Waals surface area contributed by atoms with Gasteiger partial charge in [0, 0.05) is 5.39 Å². The van der Waals surface area contributed by atoms with Crippen molar-refractivity contribution in [1.29, 1.82) is 0 Å². The molecule has 2 aromatic carbocycles. The Morgan fingerprint density at radius 1 is 1.04 bits per heavy atom. The first-order valence-corrected chi connectivity index (χ1v) is 6.75. The number of pyridine rings is 1. The molecule has 0 saturated carbocycles. The summed E-state index contributed by atoms with van der Waals surface area (Å²) in [6.45, 7) is -0.0619. The van der Waals surface area contributed by atoms with Gasteiger partial charge in [-0.2, -0.15) is 4.39 Å². The monoisotopic (exact) mass is 315 g/mol. The molecule has 0 spiro atoms. The smallest absolute Gasteiger partial charge is 0.338 e. The standard InChI is InChI=1S/C17H11F2NO3/c18-15-12(17(21)22)7-8-14(16(15)19)23-9-11-6-5-10-3-1-2-4-13(10)20-11/h1-8H,9H2,(H,21,22). The molecule has 0 fully saturated rings. The van der Waals surface area contributed by atoms with Crippen molar-refractivity contribution in [1.82, 2.24) is 4.98 Å². The predicted octanol–water partition coefficient (Wildman–Crippen LogP) is 3.79. The number of ether oxygens (including phenoxy) is 1. The number of halogens is 2. The highest BCUT2D eigenvalue weighted by molar-refractivity contribution is 5.88. The Bertz CT molecular complexity index is 896. The topological polar surface area (TPSA) is 59.4 Å². The van der Waals surface area contributed by atoms with Crippen molar-refractivity contribution in [2.24, 2.45) is 0 Å². The SMILES string of the molecule is O=C(O)c1ccc(OCc2ccc3ccccc3n2)c(F)c1F. The van der Waals surface area contributed by atoms with Crippen molar-refractivity contribution < 1.29 is 23.4 Å². The van der Waals surface area contributed by atoms with Gasteiger partial charge < -0.3 is 9.84 Å². The van der Waals surface area contributed by atoms with Crippen LogP contribution >= 0.6 is 0 Å². The van der Waals surface area contributed by atoms with Crippen molar-refractivity contribution in [2.75, 3.05) is 0 Å². The number of rotatable bonds is 4. The summed E-state index contributed by atoms with van der Waals surface area (Å²) in [5.41, 5.74) is 0.575. The number of carboxylic acid groups (broad SMARTS) is 1. The van der Waals surface area contributed by atoms with E-state index in [-0.39, 0.29) is 12.4 Å². The molecule has 6 heteroatoms. The van der Waals surface area contributed by atoms with Gasteiger partial charge in [-0.25, -0.2) is 14.2 Å². The van der Waals surface area contributed by atoms with Gasteiger partial charge >= 0.3 is 5.97 Å². The molecule has 0 aliphatic rings. The number of nitrogens with zero attached hydrogens (tertiary/aromatic N) is 1. The van der Waals surface area contributed by atoms with Crippen molar-refractivity contribution in [3.8, 4) is 5.75 Å². The summed E-state index contributed by atoms with van der Waals surface area (Å²) in [6, 6.07) is 13.1. The second-order valence-corrected chi connectivity index (χ2v) is 4.83. The van der Waals surface area contributed by atoms with Crippen LogP contribution in [0.15, 0.2) is 48.5 Å². The van der Waals surface area contributed by atoms with Gasteiger partial charge in [-0.1, -0.05) is 24.3 Å². The van der Waals surface area contributed by atoms with Crippen LogP contribution in [0.2, 0.25) is 0 Å². The lowest BCUT2D eigenvalue weighted by atomic mass is 10.2. The molecule has 0 amide bonds. The predicted molar refractivity (Wildman–Crippen MR) is 79.4 cm³/mol. The average Bonchev–Trinajstić information content (AvgIpc) is 2.55.